The van der Waals surface area contributed by atoms with E-state index < -0.39 is 17.8 Å². The molecule has 2 aliphatic rings. The van der Waals surface area contributed by atoms with Crippen LogP contribution in [0.1, 0.15) is 22.5 Å². The molecule has 0 aliphatic carbocycles. The first-order chi connectivity index (χ1) is 12.3. The monoisotopic (exact) mass is 360 g/mol. The Morgan fingerprint density at radius 3 is 2.69 bits per heavy atom. The largest absolute Gasteiger partial charge is 0.465 e. The summed E-state index contributed by atoms with van der Waals surface area (Å²) >= 11 is 0. The van der Waals surface area contributed by atoms with Gasteiger partial charge in [-0.25, -0.2) is 9.18 Å². The maximum Gasteiger partial charge on any atom is 0.407 e. The van der Waals surface area contributed by atoms with Gasteiger partial charge >= 0.3 is 6.09 Å². The number of fused-ring (bicyclic) bond motifs is 2. The maximum absolute atomic E-state index is 14.9. The SMILES string of the molecule is Cc1cc2c(N3CCC4CN(C(=O)O)CC4C3)c(F)cc(C(N)=O)c2[nH]1. The Kier molecular flexibility index (Phi) is 3.78. The number of H-pyrrole nitrogens is 1. The fourth-order valence-electron chi connectivity index (χ4n) is 4.43. The van der Waals surface area contributed by atoms with Gasteiger partial charge in [-0.05, 0) is 37.3 Å². The van der Waals surface area contributed by atoms with Crippen LogP contribution in [0.25, 0.3) is 10.9 Å². The summed E-state index contributed by atoms with van der Waals surface area (Å²) in [5.41, 5.74) is 7.37. The summed E-state index contributed by atoms with van der Waals surface area (Å²) in [6, 6.07) is 3.02. The second-order valence-electron chi connectivity index (χ2n) is 7.30. The molecule has 2 atom stereocenters. The first-order valence-electron chi connectivity index (χ1n) is 8.69. The van der Waals surface area contributed by atoms with Crippen LogP contribution >= 0.6 is 0 Å². The predicted molar refractivity (Wildman–Crippen MR) is 94.9 cm³/mol. The van der Waals surface area contributed by atoms with E-state index in [1.807, 2.05) is 17.9 Å². The van der Waals surface area contributed by atoms with Gasteiger partial charge in [0.2, 0.25) is 0 Å². The molecule has 7 nitrogen and oxygen atoms in total. The Morgan fingerprint density at radius 2 is 2.00 bits per heavy atom. The normalized spacial score (nSPS) is 22.7. The third kappa shape index (κ3) is 2.56. The zero-order chi connectivity index (χ0) is 18.6. The lowest BCUT2D eigenvalue weighted by molar-refractivity contribution is 0.100. The number of nitrogens with one attached hydrogen (secondary N) is 1. The highest BCUT2D eigenvalue weighted by molar-refractivity contribution is 6.09. The Bertz CT molecular complexity index is 909. The lowest BCUT2D eigenvalue weighted by Gasteiger charge is -2.36. The Labute approximate surface area is 149 Å². The number of nitrogens with zero attached hydrogens (tertiary/aromatic N) is 2. The number of carboxylic acid groups (broad SMARTS) is 1. The summed E-state index contributed by atoms with van der Waals surface area (Å²) in [4.78, 5) is 29.4. The second-order valence-corrected chi connectivity index (χ2v) is 7.30. The van der Waals surface area contributed by atoms with Gasteiger partial charge in [0, 0.05) is 37.3 Å². The zero-order valence-electron chi connectivity index (χ0n) is 14.5. The number of carbonyl (C=O) groups is 2. The number of anilines is 1. The Morgan fingerprint density at radius 1 is 1.27 bits per heavy atom. The summed E-state index contributed by atoms with van der Waals surface area (Å²) in [6.07, 6.45) is -0.0808. The van der Waals surface area contributed by atoms with Crippen LogP contribution in [0.5, 0.6) is 0 Å². The fraction of sp³-hybridized carbons (Fsp3) is 0.444. The highest BCUT2D eigenvalue weighted by atomic mass is 19.1. The number of piperidine rings is 1. The van der Waals surface area contributed by atoms with E-state index in [-0.39, 0.29) is 11.5 Å². The lowest BCUT2D eigenvalue weighted by atomic mass is 9.88. The van der Waals surface area contributed by atoms with Gasteiger partial charge in [0.15, 0.2) is 0 Å². The van der Waals surface area contributed by atoms with E-state index in [0.717, 1.165) is 12.1 Å². The molecular formula is C18H21FN4O3. The predicted octanol–water partition coefficient (Wildman–Crippen LogP) is 2.15. The molecule has 26 heavy (non-hydrogen) atoms. The van der Waals surface area contributed by atoms with Crippen LogP contribution < -0.4 is 10.6 Å². The first kappa shape index (κ1) is 16.7. The van der Waals surface area contributed by atoms with Crippen LogP contribution in [0.2, 0.25) is 0 Å². The average molecular weight is 360 g/mol. The Hall–Kier alpha value is -2.77. The van der Waals surface area contributed by atoms with Crippen LogP contribution in [-0.2, 0) is 0 Å². The number of aromatic nitrogens is 1. The summed E-state index contributed by atoms with van der Waals surface area (Å²) in [6.45, 7) is 4.13. The van der Waals surface area contributed by atoms with E-state index in [4.69, 9.17) is 5.73 Å². The molecule has 8 heteroatoms. The molecule has 2 fully saturated rings. The number of hydrogen-bond donors (Lipinski definition) is 3. The minimum Gasteiger partial charge on any atom is -0.465 e. The number of primary amides is 1. The molecule has 4 rings (SSSR count). The minimum atomic E-state index is -0.897. The molecule has 0 spiro atoms. The summed E-state index contributed by atoms with van der Waals surface area (Å²) in [7, 11) is 0. The van der Waals surface area contributed by atoms with Crippen LogP contribution in [0.3, 0.4) is 0 Å². The number of rotatable bonds is 2. The molecule has 2 amide bonds. The number of carbonyl (C=O) groups excluding carboxylic acids is 1. The van der Waals surface area contributed by atoms with Gasteiger partial charge in [-0.3, -0.25) is 4.79 Å². The van der Waals surface area contributed by atoms with Crippen molar-refractivity contribution in [3.05, 3.63) is 29.2 Å². The molecule has 1 aromatic heterocycles. The van der Waals surface area contributed by atoms with E-state index in [1.165, 1.54) is 11.0 Å². The molecule has 138 valence electrons. The lowest BCUT2D eigenvalue weighted by Crippen LogP contribution is -2.40. The van der Waals surface area contributed by atoms with E-state index in [1.54, 1.807) is 0 Å². The highest BCUT2D eigenvalue weighted by Gasteiger charge is 2.39. The smallest absolute Gasteiger partial charge is 0.407 e. The van der Waals surface area contributed by atoms with Gasteiger partial charge in [-0.15, -0.1) is 0 Å². The Balaban J connectivity index is 1.72. The van der Waals surface area contributed by atoms with Crippen molar-refractivity contribution in [3.63, 3.8) is 0 Å². The molecule has 2 aromatic rings. The number of aromatic amines is 1. The van der Waals surface area contributed by atoms with Gasteiger partial charge in [0.25, 0.3) is 5.91 Å². The topological polar surface area (TPSA) is 103 Å². The van der Waals surface area contributed by atoms with Crippen molar-refractivity contribution in [2.24, 2.45) is 17.6 Å². The van der Waals surface area contributed by atoms with Crippen molar-refractivity contribution < 1.29 is 19.1 Å². The van der Waals surface area contributed by atoms with E-state index in [2.05, 4.69) is 4.98 Å². The van der Waals surface area contributed by atoms with Crippen molar-refractivity contribution >= 4 is 28.6 Å². The molecule has 2 unspecified atom stereocenters. The number of likely N-dealkylation sites (tertiary alicyclic amines) is 1. The molecule has 0 bridgehead atoms. The number of benzene rings is 1. The third-order valence-electron chi connectivity index (χ3n) is 5.63. The summed E-state index contributed by atoms with van der Waals surface area (Å²) in [5, 5.41) is 9.86. The van der Waals surface area contributed by atoms with Gasteiger partial charge < -0.3 is 25.6 Å². The quantitative estimate of drug-likeness (QED) is 0.763. The van der Waals surface area contributed by atoms with Crippen molar-refractivity contribution in [3.8, 4) is 0 Å². The van der Waals surface area contributed by atoms with Gasteiger partial charge in [0.1, 0.15) is 5.82 Å². The zero-order valence-corrected chi connectivity index (χ0v) is 14.5. The highest BCUT2D eigenvalue weighted by Crippen LogP contribution is 2.38. The molecule has 4 N–H and O–H groups in total. The summed E-state index contributed by atoms with van der Waals surface area (Å²) < 4.78 is 14.9. The van der Waals surface area contributed by atoms with Gasteiger partial charge in [0.05, 0.1) is 16.8 Å². The standard InChI is InChI=1S/C18H21FN4O3/c1-9-4-12-15(21-9)13(17(20)24)5-14(19)16(12)22-3-2-10-6-23(18(25)26)8-11(10)7-22/h4-5,10-11,21H,2-3,6-8H2,1H3,(H2,20,24)(H,25,26). The minimum absolute atomic E-state index is 0.141. The molecular weight excluding hydrogens is 339 g/mol. The number of nitrogens with two attached hydrogens (primary N) is 1. The third-order valence-corrected chi connectivity index (χ3v) is 5.63. The fourth-order valence-corrected chi connectivity index (χ4v) is 4.43. The van der Waals surface area contributed by atoms with E-state index in [9.17, 15) is 19.1 Å². The maximum atomic E-state index is 14.9. The number of aryl methyl sites for hydroxylation is 1. The van der Waals surface area contributed by atoms with Crippen molar-refractivity contribution in [1.82, 2.24) is 9.88 Å². The molecule has 1 aromatic carbocycles. The van der Waals surface area contributed by atoms with Crippen LogP contribution in [0, 0.1) is 24.6 Å². The van der Waals surface area contributed by atoms with Crippen molar-refractivity contribution in [2.45, 2.75) is 13.3 Å². The van der Waals surface area contributed by atoms with Crippen molar-refractivity contribution in [2.75, 3.05) is 31.1 Å². The number of hydrogen-bond acceptors (Lipinski definition) is 3. The summed E-state index contributed by atoms with van der Waals surface area (Å²) in [5.74, 6) is -0.644. The molecule has 0 radical (unpaired) electrons. The second kappa shape index (κ2) is 5.89. The average Bonchev–Trinajstić information content (AvgIpc) is 3.16. The van der Waals surface area contributed by atoms with Crippen molar-refractivity contribution in [1.29, 1.82) is 0 Å². The molecule has 0 saturated carbocycles. The van der Waals surface area contributed by atoms with E-state index in [0.29, 0.717) is 48.7 Å². The van der Waals surface area contributed by atoms with E-state index >= 15 is 0 Å². The van der Waals surface area contributed by atoms with Crippen LogP contribution in [0.15, 0.2) is 12.1 Å². The molecule has 2 saturated heterocycles. The molecule has 2 aliphatic heterocycles. The number of halogens is 1. The molecule has 3 heterocycles. The number of amides is 2. The van der Waals surface area contributed by atoms with Gasteiger partial charge in [-0.1, -0.05) is 0 Å². The van der Waals surface area contributed by atoms with Gasteiger partial charge in [-0.2, -0.15) is 0 Å². The first-order valence-corrected chi connectivity index (χ1v) is 8.69. The van der Waals surface area contributed by atoms with Crippen LogP contribution in [0.4, 0.5) is 14.9 Å². The van der Waals surface area contributed by atoms with Crippen LogP contribution in [-0.4, -0.2) is 53.2 Å².